The summed E-state index contributed by atoms with van der Waals surface area (Å²) in [6, 6.07) is 1.97. The van der Waals surface area contributed by atoms with Crippen LogP contribution in [0.1, 0.15) is 44.9 Å². The van der Waals surface area contributed by atoms with Crippen molar-refractivity contribution in [3.8, 4) is 6.07 Å². The summed E-state index contributed by atoms with van der Waals surface area (Å²) in [4.78, 5) is 0. The molecule has 86 valence electrons. The van der Waals surface area contributed by atoms with Gasteiger partial charge in [-0.25, -0.2) is 0 Å². The molecule has 0 aromatic heterocycles. The Hall–Kier alpha value is -0.590. The molecular weight excluding hydrogens is 190 g/mol. The quantitative estimate of drug-likeness (QED) is 0.580. The predicted octanol–water partition coefficient (Wildman–Crippen LogP) is 2.66. The highest BCUT2D eigenvalue weighted by atomic mass is 16.5. The molecular formula is C12H21NO2. The lowest BCUT2D eigenvalue weighted by Crippen LogP contribution is -2.04. The van der Waals surface area contributed by atoms with Crippen molar-refractivity contribution < 1.29 is 9.47 Å². The second-order valence-corrected chi connectivity index (χ2v) is 4.05. The van der Waals surface area contributed by atoms with Gasteiger partial charge in [0, 0.05) is 13.2 Å². The number of unbranched alkanes of at least 4 members (excludes halogenated alkanes) is 3. The van der Waals surface area contributed by atoms with Crippen LogP contribution < -0.4 is 0 Å². The van der Waals surface area contributed by atoms with E-state index < -0.39 is 0 Å². The predicted molar refractivity (Wildman–Crippen MR) is 58.5 cm³/mol. The molecule has 1 aliphatic rings. The molecule has 1 heterocycles. The SMILES string of the molecule is N#CCOCCCCCCC1CCCO1. The maximum absolute atomic E-state index is 8.24. The molecule has 0 amide bonds. The van der Waals surface area contributed by atoms with E-state index >= 15 is 0 Å². The minimum Gasteiger partial charge on any atom is -0.378 e. The van der Waals surface area contributed by atoms with Gasteiger partial charge < -0.3 is 9.47 Å². The Morgan fingerprint density at radius 1 is 1.27 bits per heavy atom. The molecule has 0 spiro atoms. The van der Waals surface area contributed by atoms with Crippen LogP contribution in [0.25, 0.3) is 0 Å². The van der Waals surface area contributed by atoms with Gasteiger partial charge in [-0.2, -0.15) is 5.26 Å². The van der Waals surface area contributed by atoms with Crippen LogP contribution in [0, 0.1) is 11.3 Å². The monoisotopic (exact) mass is 211 g/mol. The molecule has 0 saturated carbocycles. The van der Waals surface area contributed by atoms with Gasteiger partial charge in [0.1, 0.15) is 6.61 Å². The van der Waals surface area contributed by atoms with Crippen LogP contribution in [0.2, 0.25) is 0 Å². The van der Waals surface area contributed by atoms with Crippen LogP contribution >= 0.6 is 0 Å². The number of rotatable bonds is 8. The summed E-state index contributed by atoms with van der Waals surface area (Å²) in [6.07, 6.45) is 9.07. The fraction of sp³-hybridized carbons (Fsp3) is 0.917. The Balaban J connectivity index is 1.75. The van der Waals surface area contributed by atoms with Gasteiger partial charge in [0.15, 0.2) is 0 Å². The second kappa shape index (κ2) is 8.70. The lowest BCUT2D eigenvalue weighted by Gasteiger charge is -2.08. The Morgan fingerprint density at radius 3 is 2.87 bits per heavy atom. The first-order chi connectivity index (χ1) is 7.43. The summed E-state index contributed by atoms with van der Waals surface area (Å²) >= 11 is 0. The average Bonchev–Trinajstić information content (AvgIpc) is 2.75. The van der Waals surface area contributed by atoms with E-state index in [-0.39, 0.29) is 6.61 Å². The number of hydrogen-bond acceptors (Lipinski definition) is 3. The molecule has 0 aliphatic carbocycles. The first kappa shape index (κ1) is 12.5. The Labute approximate surface area is 92.4 Å². The van der Waals surface area contributed by atoms with Gasteiger partial charge in [-0.15, -0.1) is 0 Å². The van der Waals surface area contributed by atoms with Crippen molar-refractivity contribution in [2.24, 2.45) is 0 Å². The maximum atomic E-state index is 8.24. The van der Waals surface area contributed by atoms with Gasteiger partial charge in [0.2, 0.25) is 0 Å². The highest BCUT2D eigenvalue weighted by Gasteiger charge is 2.14. The van der Waals surface area contributed by atoms with Crippen LogP contribution in [-0.2, 0) is 9.47 Å². The van der Waals surface area contributed by atoms with Gasteiger partial charge in [0.05, 0.1) is 12.2 Å². The van der Waals surface area contributed by atoms with E-state index in [0.717, 1.165) is 19.6 Å². The molecule has 1 unspecified atom stereocenters. The minimum absolute atomic E-state index is 0.232. The molecule has 0 radical (unpaired) electrons. The zero-order valence-electron chi connectivity index (χ0n) is 9.41. The van der Waals surface area contributed by atoms with Crippen molar-refractivity contribution in [3.05, 3.63) is 0 Å². The van der Waals surface area contributed by atoms with Crippen LogP contribution in [0.4, 0.5) is 0 Å². The van der Waals surface area contributed by atoms with E-state index in [4.69, 9.17) is 14.7 Å². The highest BCUT2D eigenvalue weighted by Crippen LogP contribution is 2.18. The lowest BCUT2D eigenvalue weighted by molar-refractivity contribution is 0.101. The summed E-state index contributed by atoms with van der Waals surface area (Å²) < 4.78 is 10.6. The van der Waals surface area contributed by atoms with E-state index in [2.05, 4.69) is 0 Å². The normalized spacial score (nSPS) is 20.3. The maximum Gasteiger partial charge on any atom is 0.133 e. The fourth-order valence-corrected chi connectivity index (χ4v) is 1.92. The molecule has 1 aliphatic heterocycles. The van der Waals surface area contributed by atoms with Crippen LogP contribution in [0.5, 0.6) is 0 Å². The third-order valence-corrected chi connectivity index (χ3v) is 2.76. The molecule has 0 aromatic rings. The van der Waals surface area contributed by atoms with Crippen molar-refractivity contribution in [1.82, 2.24) is 0 Å². The van der Waals surface area contributed by atoms with Gasteiger partial charge in [-0.05, 0) is 25.7 Å². The van der Waals surface area contributed by atoms with Crippen molar-refractivity contribution in [2.45, 2.75) is 51.0 Å². The molecule has 1 saturated heterocycles. The highest BCUT2D eigenvalue weighted by molar-refractivity contribution is 4.66. The van der Waals surface area contributed by atoms with Gasteiger partial charge in [-0.1, -0.05) is 19.3 Å². The molecule has 1 fully saturated rings. The molecule has 3 nitrogen and oxygen atoms in total. The largest absolute Gasteiger partial charge is 0.378 e. The van der Waals surface area contributed by atoms with Crippen molar-refractivity contribution in [2.75, 3.05) is 19.8 Å². The molecule has 1 rings (SSSR count). The summed E-state index contributed by atoms with van der Waals surface area (Å²) in [7, 11) is 0. The van der Waals surface area contributed by atoms with E-state index in [1.54, 1.807) is 0 Å². The topological polar surface area (TPSA) is 42.2 Å². The third-order valence-electron chi connectivity index (χ3n) is 2.76. The average molecular weight is 211 g/mol. The first-order valence-corrected chi connectivity index (χ1v) is 6.00. The summed E-state index contributed by atoms with van der Waals surface area (Å²) in [5.41, 5.74) is 0. The first-order valence-electron chi connectivity index (χ1n) is 6.00. The van der Waals surface area contributed by atoms with E-state index in [1.807, 2.05) is 6.07 Å². The zero-order valence-corrected chi connectivity index (χ0v) is 9.41. The standard InChI is InChI=1S/C12H21NO2/c13-8-11-14-9-4-2-1-3-6-12-7-5-10-15-12/h12H,1-7,9-11H2. The molecule has 0 aromatic carbocycles. The van der Waals surface area contributed by atoms with E-state index in [1.165, 1.54) is 38.5 Å². The lowest BCUT2D eigenvalue weighted by atomic mass is 10.1. The second-order valence-electron chi connectivity index (χ2n) is 4.05. The summed E-state index contributed by atoms with van der Waals surface area (Å²) in [5, 5.41) is 8.24. The molecule has 3 heteroatoms. The molecule has 1 atom stereocenters. The van der Waals surface area contributed by atoms with Crippen molar-refractivity contribution >= 4 is 0 Å². The molecule has 0 N–H and O–H groups in total. The Morgan fingerprint density at radius 2 is 2.13 bits per heavy atom. The van der Waals surface area contributed by atoms with Crippen LogP contribution in [0.3, 0.4) is 0 Å². The number of nitriles is 1. The minimum atomic E-state index is 0.232. The third kappa shape index (κ3) is 6.48. The number of nitrogens with zero attached hydrogens (tertiary/aromatic N) is 1. The zero-order chi connectivity index (χ0) is 10.8. The van der Waals surface area contributed by atoms with E-state index in [0.29, 0.717) is 6.10 Å². The summed E-state index contributed by atoms with van der Waals surface area (Å²) in [5.74, 6) is 0. The molecule has 15 heavy (non-hydrogen) atoms. The van der Waals surface area contributed by atoms with Gasteiger partial charge in [-0.3, -0.25) is 0 Å². The fourth-order valence-electron chi connectivity index (χ4n) is 1.92. The smallest absolute Gasteiger partial charge is 0.133 e. The Bertz CT molecular complexity index is 183. The number of ether oxygens (including phenoxy) is 2. The van der Waals surface area contributed by atoms with Crippen molar-refractivity contribution in [1.29, 1.82) is 5.26 Å². The number of hydrogen-bond donors (Lipinski definition) is 0. The van der Waals surface area contributed by atoms with Gasteiger partial charge >= 0.3 is 0 Å². The molecule has 0 bridgehead atoms. The van der Waals surface area contributed by atoms with Crippen molar-refractivity contribution in [3.63, 3.8) is 0 Å². The summed E-state index contributed by atoms with van der Waals surface area (Å²) in [6.45, 7) is 1.93. The van der Waals surface area contributed by atoms with Crippen LogP contribution in [-0.4, -0.2) is 25.9 Å². The van der Waals surface area contributed by atoms with Crippen LogP contribution in [0.15, 0.2) is 0 Å². The van der Waals surface area contributed by atoms with E-state index in [9.17, 15) is 0 Å². The van der Waals surface area contributed by atoms with Gasteiger partial charge in [0.25, 0.3) is 0 Å². The Kier molecular flexibility index (Phi) is 7.24.